The van der Waals surface area contributed by atoms with Crippen LogP contribution in [0.1, 0.15) is 20.7 Å². The lowest BCUT2D eigenvalue weighted by atomic mass is 10.1. The highest BCUT2D eigenvalue weighted by Crippen LogP contribution is 2.36. The van der Waals surface area contributed by atoms with Crippen LogP contribution >= 0.6 is 0 Å². The zero-order valence-corrected chi connectivity index (χ0v) is 14.5. The number of benzene rings is 2. The van der Waals surface area contributed by atoms with Crippen LogP contribution in [0.3, 0.4) is 0 Å². The Kier molecular flexibility index (Phi) is 4.56. The molecular formula is C17H15NO7S. The van der Waals surface area contributed by atoms with Gasteiger partial charge in [0.1, 0.15) is 13.2 Å². The molecule has 2 N–H and O–H groups in total. The van der Waals surface area contributed by atoms with Gasteiger partial charge in [-0.3, -0.25) is 4.79 Å². The van der Waals surface area contributed by atoms with Gasteiger partial charge in [0.2, 0.25) is 0 Å². The van der Waals surface area contributed by atoms with Gasteiger partial charge in [-0.15, -0.1) is 0 Å². The van der Waals surface area contributed by atoms with E-state index in [0.29, 0.717) is 19.0 Å². The zero-order chi connectivity index (χ0) is 18.9. The van der Waals surface area contributed by atoms with Crippen molar-refractivity contribution in [3.05, 3.63) is 47.5 Å². The lowest BCUT2D eigenvalue weighted by Crippen LogP contribution is -2.20. The van der Waals surface area contributed by atoms with Crippen LogP contribution in [-0.4, -0.2) is 44.9 Å². The van der Waals surface area contributed by atoms with Gasteiger partial charge < -0.3 is 19.9 Å². The molecule has 0 radical (unpaired) electrons. The largest absolute Gasteiger partial charge is 0.486 e. The molecule has 1 amide bonds. The van der Waals surface area contributed by atoms with Crippen LogP contribution in [0.4, 0.5) is 5.69 Å². The van der Waals surface area contributed by atoms with Crippen LogP contribution in [0.15, 0.2) is 41.3 Å². The third-order valence-electron chi connectivity index (χ3n) is 3.69. The second kappa shape index (κ2) is 6.68. The van der Waals surface area contributed by atoms with E-state index in [1.807, 2.05) is 0 Å². The molecule has 0 fully saturated rings. The van der Waals surface area contributed by atoms with E-state index < -0.39 is 21.7 Å². The summed E-state index contributed by atoms with van der Waals surface area (Å²) >= 11 is 0. The van der Waals surface area contributed by atoms with Gasteiger partial charge in [0.15, 0.2) is 21.3 Å². The van der Waals surface area contributed by atoms with Gasteiger partial charge in [0, 0.05) is 18.4 Å². The third kappa shape index (κ3) is 3.47. The quantitative estimate of drug-likeness (QED) is 0.834. The van der Waals surface area contributed by atoms with E-state index in [2.05, 4.69) is 5.32 Å². The first-order valence-electron chi connectivity index (χ1n) is 7.55. The van der Waals surface area contributed by atoms with Crippen LogP contribution < -0.4 is 14.8 Å². The standard InChI is InChI=1S/C17H15NO7S/c1-26(22,23)15-5-3-2-4-10(15)16(19)18-12-9-14-13(24-6-7-25-14)8-11(12)17(20)21/h2-5,8-9H,6-7H2,1H3,(H,18,19)(H,20,21). The monoisotopic (exact) mass is 377 g/mol. The van der Waals surface area contributed by atoms with Gasteiger partial charge in [-0.1, -0.05) is 12.1 Å². The molecule has 2 aromatic rings. The number of fused-ring (bicyclic) bond motifs is 1. The first-order valence-corrected chi connectivity index (χ1v) is 9.44. The van der Waals surface area contributed by atoms with Crippen molar-refractivity contribution in [3.8, 4) is 11.5 Å². The van der Waals surface area contributed by atoms with Crippen molar-refractivity contribution in [2.24, 2.45) is 0 Å². The van der Waals surface area contributed by atoms with E-state index in [4.69, 9.17) is 9.47 Å². The summed E-state index contributed by atoms with van der Waals surface area (Å²) in [6.45, 7) is 0.587. The topological polar surface area (TPSA) is 119 Å². The minimum Gasteiger partial charge on any atom is -0.486 e. The van der Waals surface area contributed by atoms with Crippen LogP contribution in [0.2, 0.25) is 0 Å². The number of hydrogen-bond donors (Lipinski definition) is 2. The first-order chi connectivity index (χ1) is 12.3. The number of carbonyl (C=O) groups excluding carboxylic acids is 1. The molecule has 26 heavy (non-hydrogen) atoms. The number of carbonyl (C=O) groups is 2. The highest BCUT2D eigenvalue weighted by Gasteiger charge is 2.23. The number of ether oxygens (including phenoxy) is 2. The molecule has 0 aromatic heterocycles. The molecular weight excluding hydrogens is 362 g/mol. The van der Waals surface area contributed by atoms with Gasteiger partial charge in [0.25, 0.3) is 5.91 Å². The summed E-state index contributed by atoms with van der Waals surface area (Å²) < 4.78 is 34.5. The maximum Gasteiger partial charge on any atom is 0.337 e. The van der Waals surface area contributed by atoms with E-state index in [-0.39, 0.29) is 27.5 Å². The molecule has 2 aromatic carbocycles. The van der Waals surface area contributed by atoms with Crippen molar-refractivity contribution >= 4 is 27.4 Å². The highest BCUT2D eigenvalue weighted by atomic mass is 32.2. The van der Waals surface area contributed by atoms with Crippen molar-refractivity contribution in [2.45, 2.75) is 4.90 Å². The summed E-state index contributed by atoms with van der Waals surface area (Å²) in [6.07, 6.45) is 0.992. The second-order valence-corrected chi connectivity index (χ2v) is 7.55. The predicted octanol–water partition coefficient (Wildman–Crippen LogP) is 1.81. The normalized spacial score (nSPS) is 13.1. The number of rotatable bonds is 4. The van der Waals surface area contributed by atoms with Gasteiger partial charge in [-0.05, 0) is 12.1 Å². The molecule has 1 aliphatic rings. The average molecular weight is 377 g/mol. The Balaban J connectivity index is 2.02. The number of aromatic carboxylic acids is 1. The lowest BCUT2D eigenvalue weighted by molar-refractivity contribution is 0.0697. The summed E-state index contributed by atoms with van der Waals surface area (Å²) in [4.78, 5) is 23.9. The van der Waals surface area contributed by atoms with Gasteiger partial charge >= 0.3 is 5.97 Å². The maximum absolute atomic E-state index is 12.6. The Morgan fingerprint density at radius 2 is 1.65 bits per heavy atom. The molecule has 0 saturated heterocycles. The molecule has 0 spiro atoms. The van der Waals surface area contributed by atoms with Crippen molar-refractivity contribution in [1.82, 2.24) is 0 Å². The molecule has 0 aliphatic carbocycles. The number of sulfone groups is 1. The smallest absolute Gasteiger partial charge is 0.337 e. The van der Waals surface area contributed by atoms with E-state index in [1.165, 1.54) is 36.4 Å². The van der Waals surface area contributed by atoms with Gasteiger partial charge in [-0.2, -0.15) is 0 Å². The van der Waals surface area contributed by atoms with Gasteiger partial charge in [-0.25, -0.2) is 13.2 Å². The van der Waals surface area contributed by atoms with Gasteiger partial charge in [0.05, 0.1) is 21.7 Å². The fourth-order valence-corrected chi connectivity index (χ4v) is 3.42. The molecule has 3 rings (SSSR count). The second-order valence-electron chi connectivity index (χ2n) is 5.57. The van der Waals surface area contributed by atoms with E-state index >= 15 is 0 Å². The number of anilines is 1. The lowest BCUT2D eigenvalue weighted by Gasteiger charge is -2.20. The van der Waals surface area contributed by atoms with Crippen molar-refractivity contribution < 1.29 is 32.6 Å². The summed E-state index contributed by atoms with van der Waals surface area (Å²) in [5.41, 5.74) is -0.296. The molecule has 1 heterocycles. The number of amides is 1. The number of carboxylic acids is 1. The molecule has 0 atom stereocenters. The third-order valence-corrected chi connectivity index (χ3v) is 4.85. The Morgan fingerprint density at radius 3 is 2.27 bits per heavy atom. The molecule has 0 saturated carbocycles. The van der Waals surface area contributed by atoms with E-state index in [9.17, 15) is 23.1 Å². The van der Waals surface area contributed by atoms with Crippen LogP contribution in [0.5, 0.6) is 11.5 Å². The summed E-state index contributed by atoms with van der Waals surface area (Å²) in [5.74, 6) is -1.45. The molecule has 1 aliphatic heterocycles. The summed E-state index contributed by atoms with van der Waals surface area (Å²) in [6, 6.07) is 8.29. The Hall–Kier alpha value is -3.07. The van der Waals surface area contributed by atoms with Crippen molar-refractivity contribution in [1.29, 1.82) is 0 Å². The maximum atomic E-state index is 12.6. The number of carboxylic acid groups (broad SMARTS) is 1. The number of hydrogen-bond acceptors (Lipinski definition) is 6. The van der Waals surface area contributed by atoms with Crippen LogP contribution in [0.25, 0.3) is 0 Å². The zero-order valence-electron chi connectivity index (χ0n) is 13.7. The Bertz CT molecular complexity index is 998. The van der Waals surface area contributed by atoms with E-state index in [1.54, 1.807) is 0 Å². The van der Waals surface area contributed by atoms with Crippen molar-refractivity contribution in [2.75, 3.05) is 24.8 Å². The molecule has 9 heteroatoms. The first kappa shape index (κ1) is 17.7. The summed E-state index contributed by atoms with van der Waals surface area (Å²) in [7, 11) is -3.63. The Labute approximate surface area is 149 Å². The van der Waals surface area contributed by atoms with E-state index in [0.717, 1.165) is 6.26 Å². The highest BCUT2D eigenvalue weighted by molar-refractivity contribution is 7.90. The fourth-order valence-electron chi connectivity index (χ4n) is 2.54. The van der Waals surface area contributed by atoms with Crippen molar-refractivity contribution in [3.63, 3.8) is 0 Å². The minimum absolute atomic E-state index is 0.0185. The summed E-state index contributed by atoms with van der Waals surface area (Å²) in [5, 5.41) is 11.8. The number of nitrogens with one attached hydrogen (secondary N) is 1. The van der Waals surface area contributed by atoms with Crippen LogP contribution in [-0.2, 0) is 9.84 Å². The molecule has 0 unspecified atom stereocenters. The predicted molar refractivity (Wildman–Crippen MR) is 91.9 cm³/mol. The molecule has 0 bridgehead atoms. The average Bonchev–Trinajstić information content (AvgIpc) is 2.60. The fraction of sp³-hybridized carbons (Fsp3) is 0.176. The SMILES string of the molecule is CS(=O)(=O)c1ccccc1C(=O)Nc1cc2c(cc1C(=O)O)OCCO2. The minimum atomic E-state index is -3.63. The molecule has 136 valence electrons. The van der Waals surface area contributed by atoms with Crippen LogP contribution in [0, 0.1) is 0 Å². The Morgan fingerprint density at radius 1 is 1.04 bits per heavy atom. The molecule has 8 nitrogen and oxygen atoms in total.